The fourth-order valence-electron chi connectivity index (χ4n) is 2.08. The van der Waals surface area contributed by atoms with Crippen molar-refractivity contribution in [3.63, 3.8) is 0 Å². The van der Waals surface area contributed by atoms with Crippen LogP contribution in [0.3, 0.4) is 0 Å². The monoisotopic (exact) mass is 279 g/mol. The third-order valence-corrected chi connectivity index (χ3v) is 3.27. The molecule has 5 heteroatoms. The average Bonchev–Trinajstić information content (AvgIpc) is 2.98. The van der Waals surface area contributed by atoms with Crippen molar-refractivity contribution in [1.29, 1.82) is 0 Å². The Morgan fingerprint density at radius 1 is 1.40 bits per heavy atom. The van der Waals surface area contributed by atoms with Crippen molar-refractivity contribution < 1.29 is 19.0 Å². The lowest BCUT2D eigenvalue weighted by atomic mass is 10.2. The summed E-state index contributed by atoms with van der Waals surface area (Å²) in [6.45, 7) is 3.07. The van der Waals surface area contributed by atoms with E-state index in [0.29, 0.717) is 12.3 Å². The highest BCUT2D eigenvalue weighted by Gasteiger charge is 2.19. The van der Waals surface area contributed by atoms with E-state index in [-0.39, 0.29) is 12.0 Å². The van der Waals surface area contributed by atoms with E-state index in [1.54, 1.807) is 38.3 Å². The lowest BCUT2D eigenvalue weighted by Crippen LogP contribution is -2.40. The smallest absolute Gasteiger partial charge is 0.260 e. The summed E-state index contributed by atoms with van der Waals surface area (Å²) in [5, 5.41) is 2.85. The number of carbonyl (C=O) groups is 1. The summed E-state index contributed by atoms with van der Waals surface area (Å²) >= 11 is 0. The number of methoxy groups -OCH3 is 1. The Kier molecular flexibility index (Phi) is 5.24. The second kappa shape index (κ2) is 7.14. The highest BCUT2D eigenvalue weighted by molar-refractivity contribution is 5.80. The predicted molar refractivity (Wildman–Crippen MR) is 75.1 cm³/mol. The molecule has 1 aliphatic heterocycles. The van der Waals surface area contributed by atoms with E-state index in [9.17, 15) is 4.79 Å². The van der Waals surface area contributed by atoms with Crippen molar-refractivity contribution in [1.82, 2.24) is 5.32 Å². The molecular formula is C15H21NO4. The Labute approximate surface area is 119 Å². The summed E-state index contributed by atoms with van der Waals surface area (Å²) < 4.78 is 16.1. The minimum Gasteiger partial charge on any atom is -0.497 e. The number of ether oxygens (including phenoxy) is 3. The zero-order valence-electron chi connectivity index (χ0n) is 11.9. The summed E-state index contributed by atoms with van der Waals surface area (Å²) in [6, 6.07) is 7.16. The van der Waals surface area contributed by atoms with E-state index in [2.05, 4.69) is 5.32 Å². The van der Waals surface area contributed by atoms with Gasteiger partial charge in [-0.05, 0) is 44.0 Å². The van der Waals surface area contributed by atoms with Crippen molar-refractivity contribution >= 4 is 5.91 Å². The zero-order valence-corrected chi connectivity index (χ0v) is 11.9. The summed E-state index contributed by atoms with van der Waals surface area (Å²) in [7, 11) is 1.61. The fourth-order valence-corrected chi connectivity index (χ4v) is 2.08. The molecule has 0 bridgehead atoms. The molecule has 1 aliphatic rings. The SMILES string of the molecule is COc1ccc(O[C@@H](C)C(=O)NC[C@@H]2CCCO2)cc1. The Morgan fingerprint density at radius 3 is 2.70 bits per heavy atom. The van der Waals surface area contributed by atoms with Crippen molar-refractivity contribution in [2.75, 3.05) is 20.3 Å². The van der Waals surface area contributed by atoms with E-state index in [1.165, 1.54) is 0 Å². The van der Waals surface area contributed by atoms with Gasteiger partial charge in [0, 0.05) is 13.2 Å². The van der Waals surface area contributed by atoms with E-state index in [1.807, 2.05) is 0 Å². The number of hydrogen-bond acceptors (Lipinski definition) is 4. The lowest BCUT2D eigenvalue weighted by molar-refractivity contribution is -0.127. The van der Waals surface area contributed by atoms with Gasteiger partial charge in [-0.1, -0.05) is 0 Å². The largest absolute Gasteiger partial charge is 0.497 e. The van der Waals surface area contributed by atoms with Crippen LogP contribution < -0.4 is 14.8 Å². The van der Waals surface area contributed by atoms with Crippen molar-refractivity contribution in [2.45, 2.75) is 32.0 Å². The maximum Gasteiger partial charge on any atom is 0.260 e. The van der Waals surface area contributed by atoms with Crippen molar-refractivity contribution in [2.24, 2.45) is 0 Å². The number of rotatable bonds is 6. The third kappa shape index (κ3) is 4.13. The van der Waals surface area contributed by atoms with Crippen LogP contribution in [-0.2, 0) is 9.53 Å². The quantitative estimate of drug-likeness (QED) is 0.862. The third-order valence-electron chi connectivity index (χ3n) is 3.27. The van der Waals surface area contributed by atoms with Crippen LogP contribution in [0.5, 0.6) is 11.5 Å². The van der Waals surface area contributed by atoms with Gasteiger partial charge in [0.2, 0.25) is 0 Å². The molecule has 20 heavy (non-hydrogen) atoms. The van der Waals surface area contributed by atoms with Crippen LogP contribution in [0.25, 0.3) is 0 Å². The van der Waals surface area contributed by atoms with Crippen LogP contribution >= 0.6 is 0 Å². The fraction of sp³-hybridized carbons (Fsp3) is 0.533. The summed E-state index contributed by atoms with van der Waals surface area (Å²) in [5.74, 6) is 1.27. The Bertz CT molecular complexity index is 426. The molecule has 1 saturated heterocycles. The summed E-state index contributed by atoms with van der Waals surface area (Å²) in [5.41, 5.74) is 0. The summed E-state index contributed by atoms with van der Waals surface area (Å²) in [4.78, 5) is 11.9. The Balaban J connectivity index is 1.77. The standard InChI is InChI=1S/C15H21NO4/c1-11(15(17)16-10-14-4-3-9-19-14)20-13-7-5-12(18-2)6-8-13/h5-8,11,14H,3-4,9-10H2,1-2H3,(H,16,17)/t11-,14-/m0/s1. The first-order valence-electron chi connectivity index (χ1n) is 6.89. The molecule has 0 aromatic heterocycles. The molecule has 0 aliphatic carbocycles. The zero-order chi connectivity index (χ0) is 14.4. The Hall–Kier alpha value is -1.75. The van der Waals surface area contributed by atoms with Crippen LogP contribution in [-0.4, -0.2) is 38.4 Å². The molecule has 2 rings (SSSR count). The van der Waals surface area contributed by atoms with Gasteiger partial charge in [-0.15, -0.1) is 0 Å². The summed E-state index contributed by atoms with van der Waals surface area (Å²) in [6.07, 6.45) is 1.68. The second-order valence-corrected chi connectivity index (χ2v) is 4.82. The number of carbonyl (C=O) groups excluding carboxylic acids is 1. The average molecular weight is 279 g/mol. The van der Waals surface area contributed by atoms with Gasteiger partial charge in [0.05, 0.1) is 13.2 Å². The molecule has 0 unspecified atom stereocenters. The topological polar surface area (TPSA) is 56.8 Å². The van der Waals surface area contributed by atoms with Gasteiger partial charge < -0.3 is 19.5 Å². The van der Waals surface area contributed by atoms with Gasteiger partial charge in [0.1, 0.15) is 11.5 Å². The van der Waals surface area contributed by atoms with Crippen molar-refractivity contribution in [3.8, 4) is 11.5 Å². The van der Waals surface area contributed by atoms with E-state index < -0.39 is 6.10 Å². The molecule has 1 fully saturated rings. The van der Waals surface area contributed by atoms with Gasteiger partial charge in [0.15, 0.2) is 6.10 Å². The molecule has 1 aromatic carbocycles. The highest BCUT2D eigenvalue weighted by Crippen LogP contribution is 2.18. The molecule has 1 heterocycles. The molecule has 1 N–H and O–H groups in total. The van der Waals surface area contributed by atoms with Gasteiger partial charge in [-0.3, -0.25) is 4.79 Å². The van der Waals surface area contributed by atoms with E-state index in [4.69, 9.17) is 14.2 Å². The lowest BCUT2D eigenvalue weighted by Gasteiger charge is -2.16. The van der Waals surface area contributed by atoms with Crippen LogP contribution in [0, 0.1) is 0 Å². The Morgan fingerprint density at radius 2 is 2.10 bits per heavy atom. The maximum atomic E-state index is 11.9. The minimum absolute atomic E-state index is 0.128. The molecular weight excluding hydrogens is 258 g/mol. The molecule has 0 spiro atoms. The predicted octanol–water partition coefficient (Wildman–Crippen LogP) is 1.76. The molecule has 110 valence electrons. The first-order chi connectivity index (χ1) is 9.69. The minimum atomic E-state index is -0.537. The number of benzene rings is 1. The molecule has 0 radical (unpaired) electrons. The maximum absolute atomic E-state index is 11.9. The van der Waals surface area contributed by atoms with Crippen molar-refractivity contribution in [3.05, 3.63) is 24.3 Å². The number of amides is 1. The highest BCUT2D eigenvalue weighted by atomic mass is 16.5. The molecule has 5 nitrogen and oxygen atoms in total. The first kappa shape index (κ1) is 14.7. The van der Waals surface area contributed by atoms with Gasteiger partial charge in [-0.25, -0.2) is 0 Å². The molecule has 1 aromatic rings. The van der Waals surface area contributed by atoms with Crippen LogP contribution in [0.2, 0.25) is 0 Å². The van der Waals surface area contributed by atoms with Gasteiger partial charge in [-0.2, -0.15) is 0 Å². The van der Waals surface area contributed by atoms with Gasteiger partial charge >= 0.3 is 0 Å². The van der Waals surface area contributed by atoms with Crippen LogP contribution in [0.4, 0.5) is 0 Å². The van der Waals surface area contributed by atoms with Crippen LogP contribution in [0.1, 0.15) is 19.8 Å². The van der Waals surface area contributed by atoms with Crippen LogP contribution in [0.15, 0.2) is 24.3 Å². The molecule has 1 amide bonds. The number of hydrogen-bond donors (Lipinski definition) is 1. The normalized spacial score (nSPS) is 19.4. The second-order valence-electron chi connectivity index (χ2n) is 4.82. The molecule has 0 saturated carbocycles. The van der Waals surface area contributed by atoms with E-state index >= 15 is 0 Å². The van der Waals surface area contributed by atoms with Gasteiger partial charge in [0.25, 0.3) is 5.91 Å². The number of nitrogens with one attached hydrogen (secondary N) is 1. The van der Waals surface area contributed by atoms with E-state index in [0.717, 1.165) is 25.2 Å². The molecule has 2 atom stereocenters. The first-order valence-corrected chi connectivity index (χ1v) is 6.89.